The van der Waals surface area contributed by atoms with E-state index in [0.29, 0.717) is 33.8 Å². The molecule has 0 radical (unpaired) electrons. The summed E-state index contributed by atoms with van der Waals surface area (Å²) in [6.45, 7) is 5.70. The third kappa shape index (κ3) is 4.32. The number of amides is 1. The zero-order valence-electron chi connectivity index (χ0n) is 19.2. The molecule has 2 heterocycles. The van der Waals surface area contributed by atoms with Gasteiger partial charge in [-0.1, -0.05) is 17.7 Å². The number of rotatable bonds is 6. The number of fused-ring (bicyclic) bond motifs is 1. The molecule has 0 fully saturated rings. The maximum absolute atomic E-state index is 12.8. The number of aromatic nitrogens is 2. The fourth-order valence-corrected chi connectivity index (χ4v) is 3.80. The Morgan fingerprint density at radius 1 is 1.06 bits per heavy atom. The predicted octanol–water partition coefficient (Wildman–Crippen LogP) is 4.10. The first-order chi connectivity index (χ1) is 15.8. The molecule has 0 saturated heterocycles. The number of nitrogens with zero attached hydrogens (tertiary/aromatic N) is 2. The molecule has 0 unspecified atom stereocenters. The lowest BCUT2D eigenvalue weighted by molar-refractivity contribution is -0.115. The van der Waals surface area contributed by atoms with Crippen molar-refractivity contribution in [2.45, 2.75) is 27.2 Å². The number of aryl methyl sites for hydroxylation is 3. The highest BCUT2D eigenvalue weighted by Crippen LogP contribution is 2.33. The standard InChI is InChI=1S/C25H25N3O5/c1-14-6-8-17(9-7-14)28-15(2)10-22(27-28)26-23(29)13-19-16(3)24-20(32-5)11-18(31-4)12-21(24)33-25(19)30/h6-12H,13H2,1-5H3,(H,26,27,29). The van der Waals surface area contributed by atoms with Gasteiger partial charge in [0.25, 0.3) is 0 Å². The zero-order valence-corrected chi connectivity index (χ0v) is 19.2. The Balaban J connectivity index is 1.61. The molecule has 0 aliphatic rings. The number of methoxy groups -OCH3 is 2. The number of carbonyl (C=O) groups is 1. The summed E-state index contributed by atoms with van der Waals surface area (Å²) in [5.41, 5.74) is 3.56. The smallest absolute Gasteiger partial charge is 0.340 e. The van der Waals surface area contributed by atoms with Crippen LogP contribution in [0, 0.1) is 20.8 Å². The maximum atomic E-state index is 12.8. The summed E-state index contributed by atoms with van der Waals surface area (Å²) < 4.78 is 17.9. The molecule has 2 aromatic carbocycles. The van der Waals surface area contributed by atoms with Gasteiger partial charge in [0.05, 0.1) is 37.3 Å². The van der Waals surface area contributed by atoms with Crippen molar-refractivity contribution in [3.8, 4) is 17.2 Å². The van der Waals surface area contributed by atoms with Gasteiger partial charge in [-0.3, -0.25) is 4.79 Å². The quantitative estimate of drug-likeness (QED) is 0.447. The third-order valence-corrected chi connectivity index (χ3v) is 5.54. The molecule has 0 aliphatic heterocycles. The van der Waals surface area contributed by atoms with Gasteiger partial charge in [0.1, 0.15) is 17.1 Å². The number of ether oxygens (including phenoxy) is 2. The molecule has 4 aromatic rings. The van der Waals surface area contributed by atoms with Crippen LogP contribution in [0.3, 0.4) is 0 Å². The number of hydrogen-bond acceptors (Lipinski definition) is 6. The van der Waals surface area contributed by atoms with E-state index in [9.17, 15) is 9.59 Å². The van der Waals surface area contributed by atoms with Gasteiger partial charge >= 0.3 is 5.63 Å². The van der Waals surface area contributed by atoms with Gasteiger partial charge in [-0.25, -0.2) is 9.48 Å². The highest BCUT2D eigenvalue weighted by Gasteiger charge is 2.19. The minimum Gasteiger partial charge on any atom is -0.496 e. The summed E-state index contributed by atoms with van der Waals surface area (Å²) >= 11 is 0. The number of carbonyl (C=O) groups excluding carboxylic acids is 1. The Morgan fingerprint density at radius 3 is 2.45 bits per heavy atom. The molecule has 0 spiro atoms. The van der Waals surface area contributed by atoms with Gasteiger partial charge in [0, 0.05) is 23.9 Å². The second-order valence-electron chi connectivity index (χ2n) is 7.84. The lowest BCUT2D eigenvalue weighted by Gasteiger charge is -2.12. The molecule has 1 N–H and O–H groups in total. The van der Waals surface area contributed by atoms with Gasteiger partial charge in [0.15, 0.2) is 5.82 Å². The van der Waals surface area contributed by atoms with E-state index in [4.69, 9.17) is 13.9 Å². The van der Waals surface area contributed by atoms with E-state index in [2.05, 4.69) is 10.4 Å². The van der Waals surface area contributed by atoms with Crippen LogP contribution in [-0.2, 0) is 11.2 Å². The predicted molar refractivity (Wildman–Crippen MR) is 126 cm³/mol. The van der Waals surface area contributed by atoms with Crippen molar-refractivity contribution >= 4 is 22.7 Å². The first-order valence-electron chi connectivity index (χ1n) is 10.4. The van der Waals surface area contributed by atoms with E-state index >= 15 is 0 Å². The highest BCUT2D eigenvalue weighted by atomic mass is 16.5. The zero-order chi connectivity index (χ0) is 23.7. The number of nitrogens with one attached hydrogen (secondary N) is 1. The van der Waals surface area contributed by atoms with Crippen molar-refractivity contribution in [2.75, 3.05) is 19.5 Å². The Morgan fingerprint density at radius 2 is 1.79 bits per heavy atom. The second-order valence-corrected chi connectivity index (χ2v) is 7.84. The van der Waals surface area contributed by atoms with Crippen molar-refractivity contribution in [1.82, 2.24) is 9.78 Å². The third-order valence-electron chi connectivity index (χ3n) is 5.54. The molecule has 33 heavy (non-hydrogen) atoms. The Kier molecular flexibility index (Phi) is 5.91. The SMILES string of the molecule is COc1cc(OC)c2c(C)c(CC(=O)Nc3cc(C)n(-c4ccc(C)cc4)n3)c(=O)oc2c1. The largest absolute Gasteiger partial charge is 0.496 e. The van der Waals surface area contributed by atoms with E-state index in [-0.39, 0.29) is 17.9 Å². The van der Waals surface area contributed by atoms with E-state index in [1.807, 2.05) is 38.1 Å². The van der Waals surface area contributed by atoms with Crippen LogP contribution in [0.4, 0.5) is 5.82 Å². The van der Waals surface area contributed by atoms with E-state index < -0.39 is 5.63 Å². The van der Waals surface area contributed by atoms with Gasteiger partial charge in [-0.2, -0.15) is 0 Å². The summed E-state index contributed by atoms with van der Waals surface area (Å²) in [6, 6.07) is 13.0. The summed E-state index contributed by atoms with van der Waals surface area (Å²) in [4.78, 5) is 25.5. The number of hydrogen-bond donors (Lipinski definition) is 1. The molecule has 170 valence electrons. The molecule has 8 nitrogen and oxygen atoms in total. The molecule has 1 amide bonds. The molecule has 8 heteroatoms. The molecule has 4 rings (SSSR count). The minimum atomic E-state index is -0.577. The van der Waals surface area contributed by atoms with Crippen LogP contribution in [0.5, 0.6) is 11.5 Å². The second kappa shape index (κ2) is 8.82. The monoisotopic (exact) mass is 447 g/mol. The van der Waals surface area contributed by atoms with E-state index in [1.165, 1.54) is 14.2 Å². The lowest BCUT2D eigenvalue weighted by Crippen LogP contribution is -2.21. The molecule has 2 aromatic heterocycles. The van der Waals surface area contributed by atoms with Gasteiger partial charge in [-0.15, -0.1) is 5.10 Å². The van der Waals surface area contributed by atoms with Crippen molar-refractivity contribution < 1.29 is 18.7 Å². The van der Waals surface area contributed by atoms with Crippen molar-refractivity contribution in [2.24, 2.45) is 0 Å². The fourth-order valence-electron chi connectivity index (χ4n) is 3.80. The Hall–Kier alpha value is -4.07. The summed E-state index contributed by atoms with van der Waals surface area (Å²) in [6.07, 6.45) is -0.157. The first kappa shape index (κ1) is 22.1. The highest BCUT2D eigenvalue weighted by molar-refractivity contribution is 5.94. The topological polar surface area (TPSA) is 95.6 Å². The summed E-state index contributed by atoms with van der Waals surface area (Å²) in [5.74, 6) is 1.04. The van der Waals surface area contributed by atoms with Crippen LogP contribution in [0.2, 0.25) is 0 Å². The molecule has 0 bridgehead atoms. The van der Waals surface area contributed by atoms with Crippen molar-refractivity contribution in [3.63, 3.8) is 0 Å². The number of benzene rings is 2. The van der Waals surface area contributed by atoms with Gasteiger partial charge in [-0.05, 0) is 38.5 Å². The molecule has 0 aliphatic carbocycles. The van der Waals surface area contributed by atoms with Crippen LogP contribution in [-0.4, -0.2) is 29.9 Å². The molecular formula is C25H25N3O5. The van der Waals surface area contributed by atoms with Crippen LogP contribution in [0.1, 0.15) is 22.4 Å². The molecule has 0 atom stereocenters. The average Bonchev–Trinajstić information content (AvgIpc) is 3.15. The van der Waals surface area contributed by atoms with Crippen molar-refractivity contribution in [3.05, 3.63) is 75.3 Å². The van der Waals surface area contributed by atoms with Gasteiger partial charge < -0.3 is 19.2 Å². The number of anilines is 1. The first-order valence-corrected chi connectivity index (χ1v) is 10.4. The fraction of sp³-hybridized carbons (Fsp3) is 0.240. The van der Waals surface area contributed by atoms with Crippen LogP contribution < -0.4 is 20.4 Å². The summed E-state index contributed by atoms with van der Waals surface area (Å²) in [7, 11) is 3.05. The van der Waals surface area contributed by atoms with Crippen LogP contribution in [0.15, 0.2) is 51.7 Å². The Bertz CT molecular complexity index is 1400. The minimum absolute atomic E-state index is 0.157. The van der Waals surface area contributed by atoms with E-state index in [0.717, 1.165) is 16.9 Å². The molecule has 0 saturated carbocycles. The lowest BCUT2D eigenvalue weighted by atomic mass is 10.0. The maximum Gasteiger partial charge on any atom is 0.340 e. The van der Waals surface area contributed by atoms with E-state index in [1.54, 1.807) is 29.8 Å². The van der Waals surface area contributed by atoms with Crippen LogP contribution >= 0.6 is 0 Å². The Labute approximate surface area is 190 Å². The van der Waals surface area contributed by atoms with Gasteiger partial charge in [0.2, 0.25) is 5.91 Å². The normalized spacial score (nSPS) is 10.9. The van der Waals surface area contributed by atoms with Crippen LogP contribution in [0.25, 0.3) is 16.7 Å². The average molecular weight is 447 g/mol. The summed E-state index contributed by atoms with van der Waals surface area (Å²) in [5, 5.41) is 7.89. The molecular weight excluding hydrogens is 422 g/mol. The van der Waals surface area contributed by atoms with Crippen molar-refractivity contribution in [1.29, 1.82) is 0 Å².